The zero-order valence-electron chi connectivity index (χ0n) is 10.6. The second kappa shape index (κ2) is 8.00. The summed E-state index contributed by atoms with van der Waals surface area (Å²) in [6, 6.07) is 0.0569. The first kappa shape index (κ1) is 15.8. The lowest BCUT2D eigenvalue weighted by molar-refractivity contribution is -0.127. The summed E-state index contributed by atoms with van der Waals surface area (Å²) in [4.78, 5) is 23.2. The lowest BCUT2D eigenvalue weighted by Gasteiger charge is -2.15. The maximum absolute atomic E-state index is 11.7. The monoisotopic (exact) mass is 259 g/mol. The van der Waals surface area contributed by atoms with Gasteiger partial charge in [0.1, 0.15) is 0 Å². The molecule has 0 aliphatic carbocycles. The van der Waals surface area contributed by atoms with Crippen LogP contribution in [0, 0.1) is 5.92 Å². The van der Waals surface area contributed by atoms with E-state index in [1.807, 2.05) is 20.8 Å². The van der Waals surface area contributed by atoms with Gasteiger partial charge in [-0.05, 0) is 20.3 Å². The molecule has 6 heteroatoms. The second-order valence-electron chi connectivity index (χ2n) is 4.18. The van der Waals surface area contributed by atoms with Crippen molar-refractivity contribution < 1.29 is 9.59 Å². The van der Waals surface area contributed by atoms with Gasteiger partial charge in [-0.2, -0.15) is 0 Å². The van der Waals surface area contributed by atoms with Crippen LogP contribution in [0.5, 0.6) is 0 Å². The number of thiocarbonyl (C=S) groups is 1. The molecule has 4 N–H and O–H groups in total. The number of nitrogens with two attached hydrogens (primary N) is 1. The SMILES string of the molecule is CCCC(C(=O)NCC(=O)NC(C)C)C(N)=S. The Labute approximate surface area is 108 Å². The quantitative estimate of drug-likeness (QED) is 0.575. The smallest absolute Gasteiger partial charge is 0.239 e. The molecule has 0 heterocycles. The van der Waals surface area contributed by atoms with Crippen molar-refractivity contribution >= 4 is 29.0 Å². The van der Waals surface area contributed by atoms with E-state index < -0.39 is 5.92 Å². The summed E-state index contributed by atoms with van der Waals surface area (Å²) in [6.07, 6.45) is 1.42. The molecule has 0 spiro atoms. The van der Waals surface area contributed by atoms with Crippen molar-refractivity contribution in [3.63, 3.8) is 0 Å². The van der Waals surface area contributed by atoms with Gasteiger partial charge in [0.25, 0.3) is 0 Å². The fraction of sp³-hybridized carbons (Fsp3) is 0.727. The minimum Gasteiger partial charge on any atom is -0.393 e. The van der Waals surface area contributed by atoms with E-state index in [0.717, 1.165) is 6.42 Å². The molecule has 0 radical (unpaired) electrons. The van der Waals surface area contributed by atoms with Crippen LogP contribution in [0.4, 0.5) is 0 Å². The molecule has 0 saturated carbocycles. The predicted molar refractivity (Wildman–Crippen MR) is 71.5 cm³/mol. The molecule has 2 amide bonds. The Balaban J connectivity index is 4.14. The lowest BCUT2D eigenvalue weighted by Crippen LogP contribution is -2.44. The molecule has 17 heavy (non-hydrogen) atoms. The largest absolute Gasteiger partial charge is 0.393 e. The van der Waals surface area contributed by atoms with E-state index >= 15 is 0 Å². The first-order valence-electron chi connectivity index (χ1n) is 5.74. The lowest BCUT2D eigenvalue weighted by atomic mass is 10.0. The fourth-order valence-corrected chi connectivity index (χ4v) is 1.58. The zero-order chi connectivity index (χ0) is 13.4. The average molecular weight is 259 g/mol. The van der Waals surface area contributed by atoms with E-state index in [-0.39, 0.29) is 29.4 Å². The molecule has 0 rings (SSSR count). The normalized spacial score (nSPS) is 12.0. The molecule has 0 aromatic rings. The maximum atomic E-state index is 11.7. The zero-order valence-corrected chi connectivity index (χ0v) is 11.4. The third-order valence-corrected chi connectivity index (χ3v) is 2.39. The highest BCUT2D eigenvalue weighted by Crippen LogP contribution is 2.06. The Bertz CT molecular complexity index is 292. The van der Waals surface area contributed by atoms with Gasteiger partial charge in [-0.3, -0.25) is 9.59 Å². The third-order valence-electron chi connectivity index (χ3n) is 2.11. The van der Waals surface area contributed by atoms with Crippen molar-refractivity contribution in [2.24, 2.45) is 11.7 Å². The van der Waals surface area contributed by atoms with Crippen LogP contribution in [0.25, 0.3) is 0 Å². The summed E-state index contributed by atoms with van der Waals surface area (Å²) in [7, 11) is 0. The molecular weight excluding hydrogens is 238 g/mol. The molecular formula is C11H21N3O2S. The Morgan fingerprint density at radius 1 is 1.35 bits per heavy atom. The summed E-state index contributed by atoms with van der Waals surface area (Å²) in [5.41, 5.74) is 5.48. The molecule has 98 valence electrons. The molecule has 0 aliphatic rings. The standard InChI is InChI=1S/C11H21N3O2S/c1-4-5-8(10(12)17)11(16)13-6-9(15)14-7(2)3/h7-8H,4-6H2,1-3H3,(H2,12,17)(H,13,16)(H,14,15). The minimum absolute atomic E-state index is 0.0418. The van der Waals surface area contributed by atoms with Gasteiger partial charge in [0, 0.05) is 6.04 Å². The average Bonchev–Trinajstić information content (AvgIpc) is 2.21. The number of hydrogen-bond donors (Lipinski definition) is 3. The number of carbonyl (C=O) groups is 2. The Hall–Kier alpha value is -1.17. The van der Waals surface area contributed by atoms with Crippen LogP contribution in [-0.2, 0) is 9.59 Å². The molecule has 0 aliphatic heterocycles. The number of carbonyl (C=O) groups excluding carboxylic acids is 2. The summed E-state index contributed by atoms with van der Waals surface area (Å²) >= 11 is 4.82. The second-order valence-corrected chi connectivity index (χ2v) is 4.66. The third kappa shape index (κ3) is 6.88. The van der Waals surface area contributed by atoms with Gasteiger partial charge in [-0.25, -0.2) is 0 Å². The Morgan fingerprint density at radius 2 is 1.94 bits per heavy atom. The summed E-state index contributed by atoms with van der Waals surface area (Å²) in [6.45, 7) is 5.62. The van der Waals surface area contributed by atoms with Crippen LogP contribution in [-0.4, -0.2) is 29.4 Å². The Kier molecular flexibility index (Phi) is 7.45. The van der Waals surface area contributed by atoms with Crippen molar-refractivity contribution in [2.75, 3.05) is 6.54 Å². The molecule has 1 unspecified atom stereocenters. The first-order valence-corrected chi connectivity index (χ1v) is 6.15. The maximum Gasteiger partial charge on any atom is 0.239 e. The summed E-state index contributed by atoms with van der Waals surface area (Å²) in [5.74, 6) is -0.980. The van der Waals surface area contributed by atoms with Crippen molar-refractivity contribution in [2.45, 2.75) is 39.7 Å². The molecule has 0 saturated heterocycles. The predicted octanol–water partition coefficient (Wildman–Crippen LogP) is 0.330. The van der Waals surface area contributed by atoms with E-state index in [4.69, 9.17) is 18.0 Å². The molecule has 0 aromatic heterocycles. The molecule has 1 atom stereocenters. The molecule has 0 bridgehead atoms. The van der Waals surface area contributed by atoms with E-state index in [1.165, 1.54) is 0 Å². The van der Waals surface area contributed by atoms with Gasteiger partial charge >= 0.3 is 0 Å². The fourth-order valence-electron chi connectivity index (χ4n) is 1.35. The van der Waals surface area contributed by atoms with Crippen LogP contribution in [0.2, 0.25) is 0 Å². The highest BCUT2D eigenvalue weighted by atomic mass is 32.1. The van der Waals surface area contributed by atoms with Crippen molar-refractivity contribution in [1.82, 2.24) is 10.6 Å². The van der Waals surface area contributed by atoms with E-state index in [1.54, 1.807) is 0 Å². The highest BCUT2D eigenvalue weighted by molar-refractivity contribution is 7.80. The van der Waals surface area contributed by atoms with E-state index in [2.05, 4.69) is 10.6 Å². The van der Waals surface area contributed by atoms with Crippen LogP contribution in [0.15, 0.2) is 0 Å². The van der Waals surface area contributed by atoms with Crippen LogP contribution in [0.1, 0.15) is 33.6 Å². The summed E-state index contributed by atoms with van der Waals surface area (Å²) < 4.78 is 0. The Morgan fingerprint density at radius 3 is 2.35 bits per heavy atom. The topological polar surface area (TPSA) is 84.2 Å². The number of hydrogen-bond acceptors (Lipinski definition) is 3. The van der Waals surface area contributed by atoms with Crippen molar-refractivity contribution in [1.29, 1.82) is 0 Å². The van der Waals surface area contributed by atoms with E-state index in [0.29, 0.717) is 6.42 Å². The van der Waals surface area contributed by atoms with Crippen molar-refractivity contribution in [3.8, 4) is 0 Å². The van der Waals surface area contributed by atoms with Gasteiger partial charge in [0.2, 0.25) is 11.8 Å². The highest BCUT2D eigenvalue weighted by Gasteiger charge is 2.20. The van der Waals surface area contributed by atoms with Crippen LogP contribution < -0.4 is 16.4 Å². The van der Waals surface area contributed by atoms with Gasteiger partial charge in [0.15, 0.2) is 0 Å². The minimum atomic E-state index is -0.484. The first-order chi connectivity index (χ1) is 7.88. The van der Waals surface area contributed by atoms with Gasteiger partial charge in [-0.1, -0.05) is 25.6 Å². The van der Waals surface area contributed by atoms with Gasteiger partial charge in [0.05, 0.1) is 17.5 Å². The van der Waals surface area contributed by atoms with Crippen LogP contribution in [0.3, 0.4) is 0 Å². The molecule has 0 aromatic carbocycles. The van der Waals surface area contributed by atoms with E-state index in [9.17, 15) is 9.59 Å². The number of rotatable bonds is 7. The summed E-state index contributed by atoms with van der Waals surface area (Å²) in [5, 5.41) is 5.22. The number of amides is 2. The van der Waals surface area contributed by atoms with Gasteiger partial charge < -0.3 is 16.4 Å². The van der Waals surface area contributed by atoms with Crippen molar-refractivity contribution in [3.05, 3.63) is 0 Å². The van der Waals surface area contributed by atoms with Crippen LogP contribution >= 0.6 is 12.2 Å². The molecule has 5 nitrogen and oxygen atoms in total. The number of nitrogens with one attached hydrogen (secondary N) is 2. The van der Waals surface area contributed by atoms with Gasteiger partial charge in [-0.15, -0.1) is 0 Å². The molecule has 0 fully saturated rings.